The molecule has 2 aliphatic heterocycles. The largest absolute Gasteiger partial charge is 0.394 e. The Hall–Kier alpha value is -0.960. The Morgan fingerprint density at radius 3 is 2.23 bits per heavy atom. The SMILES string of the molecule is C=C(/C=C/COC1OC(CO)C(O)(C2OC(CO)C(O)C(O)C2O)C(O)C1O)CC. The van der Waals surface area contributed by atoms with Crippen molar-refractivity contribution in [3.63, 3.8) is 0 Å². The number of ether oxygens (including phenoxy) is 3. The maximum atomic E-state index is 11.1. The quantitative estimate of drug-likeness (QED) is 0.177. The number of rotatable bonds is 8. The van der Waals surface area contributed by atoms with Crippen LogP contribution in [-0.4, -0.2) is 121 Å². The van der Waals surface area contributed by atoms with Crippen LogP contribution in [0.4, 0.5) is 0 Å². The molecule has 2 rings (SSSR count). The first-order valence-corrected chi connectivity index (χ1v) is 9.74. The van der Waals surface area contributed by atoms with Crippen LogP contribution in [0.2, 0.25) is 0 Å². The molecule has 0 bridgehead atoms. The summed E-state index contributed by atoms with van der Waals surface area (Å²) in [6, 6.07) is 0. The predicted octanol–water partition coefficient (Wildman–Crippen LogP) is -3.46. The first kappa shape index (κ1) is 25.3. The number of allylic oxidation sites excluding steroid dienone is 2. The van der Waals surface area contributed by atoms with Crippen LogP contribution in [0.3, 0.4) is 0 Å². The Labute approximate surface area is 174 Å². The van der Waals surface area contributed by atoms with E-state index in [2.05, 4.69) is 6.58 Å². The highest BCUT2D eigenvalue weighted by Gasteiger charge is 2.64. The third kappa shape index (κ3) is 4.76. The normalized spacial score (nSPS) is 45.0. The molecular weight excluding hydrogens is 404 g/mol. The highest BCUT2D eigenvalue weighted by molar-refractivity contribution is 5.14. The van der Waals surface area contributed by atoms with Gasteiger partial charge < -0.3 is 55.1 Å². The zero-order valence-corrected chi connectivity index (χ0v) is 16.7. The smallest absolute Gasteiger partial charge is 0.187 e. The molecule has 2 aliphatic rings. The summed E-state index contributed by atoms with van der Waals surface area (Å²) in [6.45, 7) is 4.06. The molecule has 0 amide bonds. The molecule has 0 aliphatic carbocycles. The van der Waals surface area contributed by atoms with Crippen LogP contribution in [0.5, 0.6) is 0 Å². The van der Waals surface area contributed by atoms with Crippen molar-refractivity contribution in [2.75, 3.05) is 19.8 Å². The van der Waals surface area contributed by atoms with E-state index in [1.165, 1.54) is 0 Å². The number of hydrogen-bond acceptors (Lipinski definition) is 11. The Morgan fingerprint density at radius 1 is 1.00 bits per heavy atom. The van der Waals surface area contributed by atoms with E-state index in [1.54, 1.807) is 12.2 Å². The monoisotopic (exact) mass is 436 g/mol. The molecule has 8 N–H and O–H groups in total. The molecular formula is C19H32O11. The topological polar surface area (TPSA) is 190 Å². The Kier molecular flexibility index (Phi) is 8.92. The van der Waals surface area contributed by atoms with Gasteiger partial charge in [-0.15, -0.1) is 0 Å². The molecule has 2 heterocycles. The van der Waals surface area contributed by atoms with E-state index in [9.17, 15) is 40.9 Å². The molecule has 10 unspecified atom stereocenters. The van der Waals surface area contributed by atoms with E-state index >= 15 is 0 Å². The molecule has 30 heavy (non-hydrogen) atoms. The van der Waals surface area contributed by atoms with Crippen LogP contribution in [0.25, 0.3) is 0 Å². The van der Waals surface area contributed by atoms with Crippen LogP contribution in [0, 0.1) is 0 Å². The van der Waals surface area contributed by atoms with E-state index in [0.29, 0.717) is 0 Å². The van der Waals surface area contributed by atoms with Gasteiger partial charge in [-0.25, -0.2) is 0 Å². The van der Waals surface area contributed by atoms with Gasteiger partial charge in [-0.2, -0.15) is 0 Å². The summed E-state index contributed by atoms with van der Waals surface area (Å²) in [4.78, 5) is 0. The average Bonchev–Trinajstić information content (AvgIpc) is 2.74. The molecule has 2 fully saturated rings. The minimum atomic E-state index is -2.60. The standard InChI is InChI=1S/C19H32O11/c1-3-9(2)5-4-6-28-18-15(25)16(26)19(27,11(8-21)30-18)17-14(24)13(23)12(22)10(7-20)29-17/h4-5,10-18,20-27H,2-3,6-8H2,1H3/b5-4+. The Bertz CT molecular complexity index is 593. The Morgan fingerprint density at radius 2 is 1.67 bits per heavy atom. The third-order valence-electron chi connectivity index (χ3n) is 5.57. The maximum Gasteiger partial charge on any atom is 0.187 e. The molecule has 2 saturated heterocycles. The van der Waals surface area contributed by atoms with Gasteiger partial charge in [-0.05, 0) is 6.42 Å². The summed E-state index contributed by atoms with van der Waals surface area (Å²) in [5.74, 6) is 0. The van der Waals surface area contributed by atoms with Gasteiger partial charge in [0, 0.05) is 0 Å². The lowest BCUT2D eigenvalue weighted by atomic mass is 9.75. The number of aliphatic hydroxyl groups is 8. The highest BCUT2D eigenvalue weighted by Crippen LogP contribution is 2.39. The predicted molar refractivity (Wildman–Crippen MR) is 101 cm³/mol. The van der Waals surface area contributed by atoms with Gasteiger partial charge in [-0.3, -0.25) is 0 Å². The zero-order chi connectivity index (χ0) is 22.6. The lowest BCUT2D eigenvalue weighted by Crippen LogP contribution is -2.77. The van der Waals surface area contributed by atoms with E-state index in [-0.39, 0.29) is 6.61 Å². The van der Waals surface area contributed by atoms with Gasteiger partial charge in [0.2, 0.25) is 0 Å². The molecule has 0 aromatic carbocycles. The second kappa shape index (κ2) is 10.6. The van der Waals surface area contributed by atoms with E-state index < -0.39 is 73.9 Å². The summed E-state index contributed by atoms with van der Waals surface area (Å²) in [6.07, 6.45) is -11.5. The van der Waals surface area contributed by atoms with Gasteiger partial charge in [0.15, 0.2) is 11.9 Å². The number of aliphatic hydroxyl groups excluding tert-OH is 7. The van der Waals surface area contributed by atoms with E-state index in [0.717, 1.165) is 12.0 Å². The molecule has 0 aromatic heterocycles. The molecule has 0 saturated carbocycles. The molecule has 174 valence electrons. The van der Waals surface area contributed by atoms with E-state index in [4.69, 9.17) is 14.2 Å². The van der Waals surface area contributed by atoms with Crippen molar-refractivity contribution in [1.29, 1.82) is 0 Å². The summed E-state index contributed by atoms with van der Waals surface area (Å²) in [5, 5.41) is 81.5. The minimum Gasteiger partial charge on any atom is -0.394 e. The lowest BCUT2D eigenvalue weighted by Gasteiger charge is -2.54. The van der Waals surface area contributed by atoms with Crippen molar-refractivity contribution in [2.24, 2.45) is 0 Å². The van der Waals surface area contributed by atoms with Crippen LogP contribution in [0.1, 0.15) is 13.3 Å². The Balaban J connectivity index is 2.20. The second-order valence-electron chi connectivity index (χ2n) is 7.50. The first-order chi connectivity index (χ1) is 14.1. The maximum absolute atomic E-state index is 11.1. The highest BCUT2D eigenvalue weighted by atomic mass is 16.7. The molecule has 11 heteroatoms. The average molecular weight is 436 g/mol. The summed E-state index contributed by atoms with van der Waals surface area (Å²) < 4.78 is 16.1. The molecule has 0 spiro atoms. The van der Waals surface area contributed by atoms with Crippen molar-refractivity contribution in [2.45, 2.75) is 74.1 Å². The third-order valence-corrected chi connectivity index (χ3v) is 5.57. The molecule has 10 atom stereocenters. The van der Waals surface area contributed by atoms with Gasteiger partial charge >= 0.3 is 0 Å². The van der Waals surface area contributed by atoms with E-state index in [1.807, 2.05) is 6.92 Å². The zero-order valence-electron chi connectivity index (χ0n) is 16.7. The summed E-state index contributed by atoms with van der Waals surface area (Å²) in [5.41, 5.74) is -1.76. The van der Waals surface area contributed by atoms with Crippen molar-refractivity contribution in [3.8, 4) is 0 Å². The molecule has 0 radical (unpaired) electrons. The minimum absolute atomic E-state index is 0.0237. The van der Waals surface area contributed by atoms with Crippen molar-refractivity contribution >= 4 is 0 Å². The molecule has 11 nitrogen and oxygen atoms in total. The van der Waals surface area contributed by atoms with Gasteiger partial charge in [0.05, 0.1) is 19.8 Å². The fourth-order valence-corrected chi connectivity index (χ4v) is 3.61. The van der Waals surface area contributed by atoms with Crippen molar-refractivity contribution in [3.05, 3.63) is 24.3 Å². The van der Waals surface area contributed by atoms with Crippen LogP contribution in [0.15, 0.2) is 24.3 Å². The van der Waals surface area contributed by atoms with Crippen molar-refractivity contribution < 1.29 is 55.1 Å². The van der Waals surface area contributed by atoms with Gasteiger partial charge in [0.25, 0.3) is 0 Å². The fourth-order valence-electron chi connectivity index (χ4n) is 3.61. The number of hydrogen-bond donors (Lipinski definition) is 8. The first-order valence-electron chi connectivity index (χ1n) is 9.74. The summed E-state index contributed by atoms with van der Waals surface area (Å²) in [7, 11) is 0. The van der Waals surface area contributed by atoms with Crippen LogP contribution < -0.4 is 0 Å². The van der Waals surface area contributed by atoms with Crippen LogP contribution in [-0.2, 0) is 14.2 Å². The lowest BCUT2D eigenvalue weighted by molar-refractivity contribution is -0.371. The van der Waals surface area contributed by atoms with Crippen molar-refractivity contribution in [1.82, 2.24) is 0 Å². The van der Waals surface area contributed by atoms with Crippen LogP contribution >= 0.6 is 0 Å². The molecule has 0 aromatic rings. The van der Waals surface area contributed by atoms with Gasteiger partial charge in [0.1, 0.15) is 48.8 Å². The van der Waals surface area contributed by atoms with Gasteiger partial charge in [-0.1, -0.05) is 31.2 Å². The second-order valence-corrected chi connectivity index (χ2v) is 7.50. The fraction of sp³-hybridized carbons (Fsp3) is 0.789. The summed E-state index contributed by atoms with van der Waals surface area (Å²) >= 11 is 0.